The molecule has 0 saturated carbocycles. The number of aryl methyl sites for hydroxylation is 1. The summed E-state index contributed by atoms with van der Waals surface area (Å²) in [6, 6.07) is 11.7. The fourth-order valence-corrected chi connectivity index (χ4v) is 3.91. The second kappa shape index (κ2) is 11.3. The van der Waals surface area contributed by atoms with Crippen molar-refractivity contribution in [1.29, 1.82) is 0 Å². The number of thioether (sulfide) groups is 1. The van der Waals surface area contributed by atoms with Crippen molar-refractivity contribution in [2.75, 3.05) is 12.4 Å². The van der Waals surface area contributed by atoms with Crippen LogP contribution in [0.25, 0.3) is 0 Å². The van der Waals surface area contributed by atoms with Crippen LogP contribution in [0.3, 0.4) is 0 Å². The number of hydrogen-bond acceptors (Lipinski definition) is 8. The number of carbonyl (C=O) groups excluding carboxylic acids is 1. The van der Waals surface area contributed by atoms with Crippen molar-refractivity contribution in [2.24, 2.45) is 0 Å². The highest BCUT2D eigenvalue weighted by atomic mass is 32.2. The molecule has 0 bridgehead atoms. The number of nitrogens with zero attached hydrogens (tertiary/aromatic N) is 4. The highest BCUT2D eigenvalue weighted by Gasteiger charge is 2.22. The Kier molecular flexibility index (Phi) is 8.25. The molecule has 1 aromatic heterocycles. The van der Waals surface area contributed by atoms with E-state index < -0.39 is 10.2 Å². The molecule has 1 heterocycles. The minimum Gasteiger partial charge on any atom is -0.495 e. The minimum atomic E-state index is -0.581. The molecule has 34 heavy (non-hydrogen) atoms. The maximum atomic E-state index is 12.8. The Balaban J connectivity index is 1.72. The normalized spacial score (nSPS) is 11.5. The molecule has 0 spiro atoms. The quantitative estimate of drug-likeness (QED) is 0.184. The number of non-ortho nitro benzene ring substituents is 1. The Morgan fingerprint density at radius 3 is 2.79 bits per heavy atom. The fraction of sp³-hybridized carbons (Fsp3) is 0.261. The number of nitro benzene ring substituents is 1. The number of nitrogens with one attached hydrogen (secondary N) is 1. The Bertz CT molecular complexity index is 1200. The van der Waals surface area contributed by atoms with E-state index in [9.17, 15) is 14.9 Å². The zero-order valence-corrected chi connectivity index (χ0v) is 19.9. The van der Waals surface area contributed by atoms with E-state index in [1.54, 1.807) is 13.0 Å². The lowest BCUT2D eigenvalue weighted by Crippen LogP contribution is -2.23. The zero-order chi connectivity index (χ0) is 24.7. The topological polar surface area (TPSA) is 121 Å². The van der Waals surface area contributed by atoms with Crippen molar-refractivity contribution >= 4 is 29.0 Å². The van der Waals surface area contributed by atoms with Crippen molar-refractivity contribution in [2.45, 2.75) is 37.4 Å². The summed E-state index contributed by atoms with van der Waals surface area (Å²) in [7, 11) is 1.42. The number of methoxy groups -OCH3 is 1. The number of benzene rings is 2. The number of hydrogen-bond donors (Lipinski definition) is 1. The van der Waals surface area contributed by atoms with Crippen molar-refractivity contribution in [3.05, 3.63) is 76.6 Å². The molecule has 0 aliphatic carbocycles. The molecule has 0 fully saturated rings. The van der Waals surface area contributed by atoms with Gasteiger partial charge in [-0.15, -0.1) is 16.8 Å². The molecular formula is C23H25N5O5S. The number of anilines is 1. The highest BCUT2D eigenvalue weighted by molar-refractivity contribution is 8.00. The fourth-order valence-electron chi connectivity index (χ4n) is 3.03. The molecule has 11 heteroatoms. The van der Waals surface area contributed by atoms with Crippen LogP contribution in [0.5, 0.6) is 11.5 Å². The van der Waals surface area contributed by atoms with E-state index in [2.05, 4.69) is 22.1 Å². The van der Waals surface area contributed by atoms with E-state index in [0.717, 1.165) is 11.3 Å². The lowest BCUT2D eigenvalue weighted by Gasteiger charge is -2.14. The average molecular weight is 484 g/mol. The molecule has 1 amide bonds. The third-order valence-electron chi connectivity index (χ3n) is 4.77. The van der Waals surface area contributed by atoms with Crippen molar-refractivity contribution in [3.63, 3.8) is 0 Å². The van der Waals surface area contributed by atoms with Crippen LogP contribution < -0.4 is 14.8 Å². The molecule has 3 aromatic rings. The van der Waals surface area contributed by atoms with Gasteiger partial charge in [0.2, 0.25) is 5.91 Å². The lowest BCUT2D eigenvalue weighted by atomic mass is 10.2. The maximum absolute atomic E-state index is 12.8. The first-order valence-electron chi connectivity index (χ1n) is 10.3. The summed E-state index contributed by atoms with van der Waals surface area (Å²) in [4.78, 5) is 23.4. The van der Waals surface area contributed by atoms with Gasteiger partial charge >= 0.3 is 0 Å². The summed E-state index contributed by atoms with van der Waals surface area (Å²) in [6.07, 6.45) is 1.71. The van der Waals surface area contributed by atoms with Crippen molar-refractivity contribution in [1.82, 2.24) is 14.8 Å². The third kappa shape index (κ3) is 6.13. The van der Waals surface area contributed by atoms with Crippen LogP contribution in [0.1, 0.15) is 18.3 Å². The molecule has 0 radical (unpaired) electrons. The third-order valence-corrected chi connectivity index (χ3v) is 5.85. The standard InChI is InChI=1S/C23H25N5O5S/c1-5-11-27-21(14-33-18-8-6-7-15(2)12-18)25-26-23(27)34-16(3)22(29)24-19-13-17(28(30)31)9-10-20(19)32-4/h5-10,12-13,16H,1,11,14H2,2-4H3,(H,24,29). The van der Waals surface area contributed by atoms with Crippen LogP contribution >= 0.6 is 11.8 Å². The number of aromatic nitrogens is 3. The van der Waals surface area contributed by atoms with Gasteiger partial charge in [-0.1, -0.05) is 30.0 Å². The average Bonchev–Trinajstić information content (AvgIpc) is 3.18. The van der Waals surface area contributed by atoms with Crippen molar-refractivity contribution in [3.8, 4) is 11.5 Å². The first-order valence-corrected chi connectivity index (χ1v) is 11.2. The summed E-state index contributed by atoms with van der Waals surface area (Å²) < 4.78 is 12.9. The second-order valence-corrected chi connectivity index (χ2v) is 8.60. The smallest absolute Gasteiger partial charge is 0.271 e. The van der Waals surface area contributed by atoms with E-state index in [0.29, 0.717) is 23.3 Å². The van der Waals surface area contributed by atoms with Gasteiger partial charge in [-0.25, -0.2) is 0 Å². The van der Waals surface area contributed by atoms with Crippen LogP contribution in [0.4, 0.5) is 11.4 Å². The van der Waals surface area contributed by atoms with Gasteiger partial charge in [-0.2, -0.15) is 0 Å². The van der Waals surface area contributed by atoms with E-state index in [1.165, 1.54) is 37.1 Å². The monoisotopic (exact) mass is 483 g/mol. The number of carbonyl (C=O) groups is 1. The number of allylic oxidation sites excluding steroid dienone is 1. The molecule has 3 rings (SSSR count). The zero-order valence-electron chi connectivity index (χ0n) is 19.1. The van der Waals surface area contributed by atoms with E-state index in [4.69, 9.17) is 9.47 Å². The van der Waals surface area contributed by atoms with Crippen molar-refractivity contribution < 1.29 is 19.2 Å². The Morgan fingerprint density at radius 2 is 2.12 bits per heavy atom. The molecule has 0 aliphatic rings. The summed E-state index contributed by atoms with van der Waals surface area (Å²) in [5, 5.41) is 22.2. The van der Waals surface area contributed by atoms with Gasteiger partial charge < -0.3 is 14.8 Å². The van der Waals surface area contributed by atoms with Gasteiger partial charge in [0.1, 0.15) is 18.1 Å². The van der Waals surface area contributed by atoms with Crippen LogP contribution in [0.2, 0.25) is 0 Å². The Morgan fingerprint density at radius 1 is 1.32 bits per heavy atom. The van der Waals surface area contributed by atoms with Gasteiger partial charge in [0.25, 0.3) is 5.69 Å². The van der Waals surface area contributed by atoms with Gasteiger partial charge in [0.05, 0.1) is 23.0 Å². The van der Waals surface area contributed by atoms with Gasteiger partial charge in [0, 0.05) is 18.7 Å². The predicted octanol–water partition coefficient (Wildman–Crippen LogP) is 4.39. The SMILES string of the molecule is C=CCn1c(COc2cccc(C)c2)nnc1SC(C)C(=O)Nc1cc([N+](=O)[O-])ccc1OC. The Labute approximate surface area is 201 Å². The summed E-state index contributed by atoms with van der Waals surface area (Å²) in [6.45, 7) is 8.12. The number of nitro groups is 1. The van der Waals surface area contributed by atoms with E-state index >= 15 is 0 Å². The van der Waals surface area contributed by atoms with Crippen LogP contribution in [0.15, 0.2) is 60.3 Å². The number of amides is 1. The molecule has 1 N–H and O–H groups in total. The largest absolute Gasteiger partial charge is 0.495 e. The van der Waals surface area contributed by atoms with Gasteiger partial charge in [0.15, 0.2) is 11.0 Å². The van der Waals surface area contributed by atoms with Crippen LogP contribution in [-0.2, 0) is 17.9 Å². The summed E-state index contributed by atoms with van der Waals surface area (Å²) >= 11 is 1.21. The number of rotatable bonds is 11. The van der Waals surface area contributed by atoms with E-state index in [1.807, 2.05) is 35.8 Å². The molecule has 1 atom stereocenters. The number of ether oxygens (including phenoxy) is 2. The molecule has 0 saturated heterocycles. The van der Waals surface area contributed by atoms with Gasteiger partial charge in [-0.3, -0.25) is 19.5 Å². The van der Waals surface area contributed by atoms with Gasteiger partial charge in [-0.05, 0) is 37.6 Å². The highest BCUT2D eigenvalue weighted by Crippen LogP contribution is 2.30. The molecule has 10 nitrogen and oxygen atoms in total. The molecule has 0 aliphatic heterocycles. The first-order chi connectivity index (χ1) is 16.3. The summed E-state index contributed by atoms with van der Waals surface area (Å²) in [5.74, 6) is 1.27. The molecule has 2 aromatic carbocycles. The summed E-state index contributed by atoms with van der Waals surface area (Å²) in [5.41, 5.74) is 1.15. The minimum absolute atomic E-state index is 0.152. The first kappa shape index (κ1) is 24.8. The molecule has 1 unspecified atom stereocenters. The Hall–Kier alpha value is -3.86. The van der Waals surface area contributed by atoms with E-state index in [-0.39, 0.29) is 23.9 Å². The predicted molar refractivity (Wildman–Crippen MR) is 129 cm³/mol. The maximum Gasteiger partial charge on any atom is 0.271 e. The van der Waals surface area contributed by atoms with Crippen LogP contribution in [-0.4, -0.2) is 38.0 Å². The second-order valence-electron chi connectivity index (χ2n) is 7.29. The molecule has 178 valence electrons. The lowest BCUT2D eigenvalue weighted by molar-refractivity contribution is -0.384. The molecular weight excluding hydrogens is 458 g/mol. The van der Waals surface area contributed by atoms with Crippen LogP contribution in [0, 0.1) is 17.0 Å².